The Kier molecular flexibility index (Phi) is 2.73. The number of hydrogen-bond donors (Lipinski definition) is 0. The van der Waals surface area contributed by atoms with Crippen LogP contribution in [0.1, 0.15) is 18.9 Å². The van der Waals surface area contributed by atoms with Gasteiger partial charge in [0, 0.05) is 0 Å². The lowest BCUT2D eigenvalue weighted by molar-refractivity contribution is -0.150. The predicted molar refractivity (Wildman–Crippen MR) is 55.3 cm³/mol. The summed E-state index contributed by atoms with van der Waals surface area (Å²) in [6.45, 7) is 2.85. The number of hydrogen-bond acceptors (Lipinski definition) is 3. The third-order valence-corrected chi connectivity index (χ3v) is 2.44. The second-order valence-electron chi connectivity index (χ2n) is 3.62. The molecule has 1 aromatic rings. The second-order valence-corrected chi connectivity index (χ2v) is 3.62. The van der Waals surface area contributed by atoms with Gasteiger partial charge in [-0.3, -0.25) is 0 Å². The van der Waals surface area contributed by atoms with Crippen LogP contribution in [0.2, 0.25) is 0 Å². The van der Waals surface area contributed by atoms with Crippen LogP contribution in [0, 0.1) is 0 Å². The van der Waals surface area contributed by atoms with Crippen molar-refractivity contribution in [3.63, 3.8) is 0 Å². The van der Waals surface area contributed by atoms with Crippen molar-refractivity contribution in [1.82, 2.24) is 0 Å². The summed E-state index contributed by atoms with van der Waals surface area (Å²) in [4.78, 5) is 11.7. The molecule has 0 radical (unpaired) electrons. The summed E-state index contributed by atoms with van der Waals surface area (Å²) in [6, 6.07) is 9.48. The van der Waals surface area contributed by atoms with Crippen LogP contribution in [0.3, 0.4) is 0 Å². The van der Waals surface area contributed by atoms with Gasteiger partial charge in [0.15, 0.2) is 0 Å². The molecule has 0 amide bonds. The van der Waals surface area contributed by atoms with Crippen LogP contribution in [0.4, 0.5) is 0 Å². The van der Waals surface area contributed by atoms with Gasteiger partial charge in [-0.25, -0.2) is 4.79 Å². The minimum Gasteiger partial charge on any atom is -0.463 e. The van der Waals surface area contributed by atoms with Crippen molar-refractivity contribution in [1.29, 1.82) is 0 Å². The lowest BCUT2D eigenvalue weighted by Crippen LogP contribution is -2.25. The molecule has 1 unspecified atom stereocenters. The molecule has 1 atom stereocenters. The van der Waals surface area contributed by atoms with Crippen LogP contribution >= 0.6 is 0 Å². The zero-order chi connectivity index (χ0) is 10.7. The number of epoxide rings is 1. The first-order valence-electron chi connectivity index (χ1n) is 5.16. The van der Waals surface area contributed by atoms with E-state index < -0.39 is 5.60 Å². The standard InChI is InChI=1S/C12H14O3/c1-2-8-14-11(13)12(9-15-12)10-6-4-3-5-7-10/h3-7H,2,8-9H2,1H3. The lowest BCUT2D eigenvalue weighted by atomic mass is 10.0. The normalized spacial score (nSPS) is 23.5. The van der Waals surface area contributed by atoms with Crippen molar-refractivity contribution in [2.45, 2.75) is 18.9 Å². The number of benzene rings is 1. The first-order valence-corrected chi connectivity index (χ1v) is 5.16. The molecule has 0 N–H and O–H groups in total. The Morgan fingerprint density at radius 2 is 2.13 bits per heavy atom. The van der Waals surface area contributed by atoms with Crippen LogP contribution in [-0.4, -0.2) is 19.2 Å². The number of esters is 1. The molecular weight excluding hydrogens is 192 g/mol. The van der Waals surface area contributed by atoms with Gasteiger partial charge in [-0.05, 0) is 12.0 Å². The van der Waals surface area contributed by atoms with Gasteiger partial charge in [0.25, 0.3) is 0 Å². The summed E-state index contributed by atoms with van der Waals surface area (Å²) < 4.78 is 10.4. The molecule has 1 fully saturated rings. The monoisotopic (exact) mass is 206 g/mol. The topological polar surface area (TPSA) is 38.8 Å². The molecule has 80 valence electrons. The minimum absolute atomic E-state index is 0.268. The van der Waals surface area contributed by atoms with E-state index in [1.807, 2.05) is 37.3 Å². The summed E-state index contributed by atoms with van der Waals surface area (Å²) in [7, 11) is 0. The number of carbonyl (C=O) groups is 1. The van der Waals surface area contributed by atoms with Gasteiger partial charge in [-0.15, -0.1) is 0 Å². The van der Waals surface area contributed by atoms with E-state index in [-0.39, 0.29) is 5.97 Å². The molecule has 0 saturated carbocycles. The molecule has 0 bridgehead atoms. The van der Waals surface area contributed by atoms with E-state index in [1.165, 1.54) is 0 Å². The van der Waals surface area contributed by atoms with E-state index in [1.54, 1.807) is 0 Å². The Bertz CT molecular complexity index is 341. The van der Waals surface area contributed by atoms with Gasteiger partial charge < -0.3 is 9.47 Å². The highest BCUT2D eigenvalue weighted by Crippen LogP contribution is 2.39. The van der Waals surface area contributed by atoms with Crippen molar-refractivity contribution in [3.05, 3.63) is 35.9 Å². The van der Waals surface area contributed by atoms with Crippen LogP contribution in [0.5, 0.6) is 0 Å². The quantitative estimate of drug-likeness (QED) is 0.557. The van der Waals surface area contributed by atoms with Crippen molar-refractivity contribution < 1.29 is 14.3 Å². The second kappa shape index (κ2) is 4.03. The predicted octanol–water partition coefficient (Wildman–Crippen LogP) is 1.87. The van der Waals surface area contributed by atoms with E-state index in [9.17, 15) is 4.79 Å². The maximum atomic E-state index is 11.7. The largest absolute Gasteiger partial charge is 0.463 e. The third-order valence-electron chi connectivity index (χ3n) is 2.44. The summed E-state index contributed by atoms with van der Waals surface area (Å²) >= 11 is 0. The SMILES string of the molecule is CCCOC(=O)C1(c2ccccc2)CO1. The van der Waals surface area contributed by atoms with Gasteiger partial charge in [0.05, 0.1) is 13.2 Å². The van der Waals surface area contributed by atoms with E-state index in [0.717, 1.165) is 12.0 Å². The number of carbonyl (C=O) groups excluding carboxylic acids is 1. The van der Waals surface area contributed by atoms with Gasteiger partial charge >= 0.3 is 5.97 Å². The van der Waals surface area contributed by atoms with Gasteiger partial charge in [0.2, 0.25) is 5.60 Å². The van der Waals surface area contributed by atoms with Crippen molar-refractivity contribution >= 4 is 5.97 Å². The molecule has 0 spiro atoms. The summed E-state index contributed by atoms with van der Waals surface area (Å²) in [5.41, 5.74) is 0.0716. The fourth-order valence-corrected chi connectivity index (χ4v) is 1.49. The molecule has 0 aromatic heterocycles. The molecule has 3 heteroatoms. The fourth-order valence-electron chi connectivity index (χ4n) is 1.49. The Balaban J connectivity index is 2.11. The zero-order valence-electron chi connectivity index (χ0n) is 8.73. The van der Waals surface area contributed by atoms with Crippen molar-refractivity contribution in [3.8, 4) is 0 Å². The molecule has 1 saturated heterocycles. The van der Waals surface area contributed by atoms with Crippen LogP contribution in [0.25, 0.3) is 0 Å². The Labute approximate surface area is 89.0 Å². The maximum absolute atomic E-state index is 11.7. The highest BCUT2D eigenvalue weighted by molar-refractivity contribution is 5.84. The zero-order valence-corrected chi connectivity index (χ0v) is 8.73. The first kappa shape index (κ1) is 10.2. The Morgan fingerprint density at radius 3 is 2.67 bits per heavy atom. The van der Waals surface area contributed by atoms with Crippen molar-refractivity contribution in [2.75, 3.05) is 13.2 Å². The summed E-state index contributed by atoms with van der Waals surface area (Å²) in [6.07, 6.45) is 0.830. The molecule has 2 rings (SSSR count). The fraction of sp³-hybridized carbons (Fsp3) is 0.417. The highest BCUT2D eigenvalue weighted by Gasteiger charge is 2.55. The molecule has 1 aliphatic rings. The molecule has 15 heavy (non-hydrogen) atoms. The van der Waals surface area contributed by atoms with Gasteiger partial charge in [0.1, 0.15) is 0 Å². The lowest BCUT2D eigenvalue weighted by Gasteiger charge is -2.11. The highest BCUT2D eigenvalue weighted by atomic mass is 16.6. The average Bonchev–Trinajstić information content (AvgIpc) is 3.08. The molecule has 3 nitrogen and oxygen atoms in total. The molecule has 0 aliphatic carbocycles. The number of rotatable bonds is 4. The summed E-state index contributed by atoms with van der Waals surface area (Å²) in [5.74, 6) is -0.268. The maximum Gasteiger partial charge on any atom is 0.345 e. The number of ether oxygens (including phenoxy) is 2. The van der Waals surface area contributed by atoms with Crippen LogP contribution in [0.15, 0.2) is 30.3 Å². The third kappa shape index (κ3) is 1.88. The molecule has 1 aliphatic heterocycles. The van der Waals surface area contributed by atoms with Gasteiger partial charge in [-0.1, -0.05) is 37.3 Å². The molecule has 1 heterocycles. The summed E-state index contributed by atoms with van der Waals surface area (Å²) in [5, 5.41) is 0. The van der Waals surface area contributed by atoms with E-state index in [2.05, 4.69) is 0 Å². The van der Waals surface area contributed by atoms with Gasteiger partial charge in [-0.2, -0.15) is 0 Å². The van der Waals surface area contributed by atoms with Crippen LogP contribution in [-0.2, 0) is 19.9 Å². The smallest absolute Gasteiger partial charge is 0.345 e. The Hall–Kier alpha value is -1.35. The van der Waals surface area contributed by atoms with E-state index >= 15 is 0 Å². The first-order chi connectivity index (χ1) is 7.29. The Morgan fingerprint density at radius 1 is 1.47 bits per heavy atom. The van der Waals surface area contributed by atoms with E-state index in [4.69, 9.17) is 9.47 Å². The van der Waals surface area contributed by atoms with Crippen LogP contribution < -0.4 is 0 Å². The van der Waals surface area contributed by atoms with E-state index in [0.29, 0.717) is 13.2 Å². The minimum atomic E-state index is -0.809. The average molecular weight is 206 g/mol. The van der Waals surface area contributed by atoms with Crippen molar-refractivity contribution in [2.24, 2.45) is 0 Å². The molecular formula is C12H14O3. The molecule has 1 aromatic carbocycles.